The zero-order valence-electron chi connectivity index (χ0n) is 14.0. The summed E-state index contributed by atoms with van der Waals surface area (Å²) in [6.07, 6.45) is 2.41. The van der Waals surface area contributed by atoms with Gasteiger partial charge in [0.25, 0.3) is 0 Å². The van der Waals surface area contributed by atoms with Crippen molar-refractivity contribution < 1.29 is 9.90 Å². The molecule has 2 aromatic rings. The van der Waals surface area contributed by atoms with Crippen molar-refractivity contribution in [2.24, 2.45) is 5.41 Å². The van der Waals surface area contributed by atoms with Crippen LogP contribution in [0.4, 0.5) is 5.82 Å². The first-order valence-electron chi connectivity index (χ1n) is 8.42. The van der Waals surface area contributed by atoms with Crippen LogP contribution in [0.25, 0.3) is 10.2 Å². The topological polar surface area (TPSA) is 69.6 Å². The Morgan fingerprint density at radius 2 is 2.21 bits per heavy atom. The van der Waals surface area contributed by atoms with Gasteiger partial charge in [-0.05, 0) is 51.2 Å². The molecule has 2 saturated heterocycles. The normalized spacial score (nSPS) is 28.1. The largest absolute Gasteiger partial charge is 0.481 e. The fraction of sp³-hybridized carbons (Fsp3) is 0.588. The van der Waals surface area contributed by atoms with Gasteiger partial charge in [0.2, 0.25) is 0 Å². The quantitative estimate of drug-likeness (QED) is 0.900. The number of likely N-dealkylation sites (tertiary alicyclic amines) is 1. The average Bonchev–Trinajstić information content (AvgIpc) is 3.02. The lowest BCUT2D eigenvalue weighted by Crippen LogP contribution is -2.63. The first kappa shape index (κ1) is 15.8. The minimum Gasteiger partial charge on any atom is -0.481 e. The standard InChI is InChI=1S/C17H22N4O2S/c1-11-18-14(12-4-9-24-15(12)19-11)21-8-6-17(16(22)23)5-3-7-20(2)13(17)10-21/h4,9,13H,3,5-8,10H2,1-2H3,(H,22,23)/t13-,17+/m1/s1. The summed E-state index contributed by atoms with van der Waals surface area (Å²) in [5.74, 6) is 1.09. The van der Waals surface area contributed by atoms with Crippen LogP contribution in [0.2, 0.25) is 0 Å². The van der Waals surface area contributed by atoms with Crippen LogP contribution in [0.5, 0.6) is 0 Å². The molecule has 0 aromatic carbocycles. The highest BCUT2D eigenvalue weighted by Crippen LogP contribution is 2.43. The summed E-state index contributed by atoms with van der Waals surface area (Å²) in [7, 11) is 2.05. The van der Waals surface area contributed by atoms with Crippen LogP contribution in [0.15, 0.2) is 11.4 Å². The Morgan fingerprint density at radius 3 is 3.00 bits per heavy atom. The van der Waals surface area contributed by atoms with E-state index in [9.17, 15) is 9.90 Å². The molecule has 0 amide bonds. The Morgan fingerprint density at radius 1 is 1.38 bits per heavy atom. The number of carbonyl (C=O) groups is 1. The molecule has 0 radical (unpaired) electrons. The highest BCUT2D eigenvalue weighted by molar-refractivity contribution is 7.16. The molecule has 4 rings (SSSR count). The maximum atomic E-state index is 12.1. The molecule has 24 heavy (non-hydrogen) atoms. The number of carboxylic acid groups (broad SMARTS) is 1. The first-order chi connectivity index (χ1) is 11.5. The number of fused-ring (bicyclic) bond motifs is 2. The summed E-state index contributed by atoms with van der Waals surface area (Å²) < 4.78 is 0. The van der Waals surface area contributed by atoms with Crippen LogP contribution in [0, 0.1) is 12.3 Å². The van der Waals surface area contributed by atoms with E-state index in [-0.39, 0.29) is 6.04 Å². The van der Waals surface area contributed by atoms with Gasteiger partial charge in [-0.3, -0.25) is 4.79 Å². The van der Waals surface area contributed by atoms with Gasteiger partial charge in [0.15, 0.2) is 0 Å². The summed E-state index contributed by atoms with van der Waals surface area (Å²) in [5.41, 5.74) is -0.612. The average molecular weight is 346 g/mol. The van der Waals surface area contributed by atoms with E-state index in [1.165, 1.54) is 0 Å². The third-order valence-electron chi connectivity index (χ3n) is 5.67. The van der Waals surface area contributed by atoms with Crippen molar-refractivity contribution in [2.75, 3.05) is 31.6 Å². The molecule has 2 atom stereocenters. The van der Waals surface area contributed by atoms with Gasteiger partial charge in [-0.25, -0.2) is 9.97 Å². The van der Waals surface area contributed by atoms with Crippen LogP contribution in [-0.2, 0) is 4.79 Å². The predicted octanol–water partition coefficient (Wildman–Crippen LogP) is 2.38. The number of piperidine rings is 2. The molecule has 2 aromatic heterocycles. The number of hydrogen-bond donors (Lipinski definition) is 1. The summed E-state index contributed by atoms with van der Waals surface area (Å²) in [6.45, 7) is 4.33. The van der Waals surface area contributed by atoms with Crippen molar-refractivity contribution in [2.45, 2.75) is 32.2 Å². The third-order valence-corrected chi connectivity index (χ3v) is 6.47. The number of likely N-dealkylation sites (N-methyl/N-ethyl adjacent to an activating group) is 1. The zero-order valence-corrected chi connectivity index (χ0v) is 14.8. The molecule has 4 heterocycles. The maximum Gasteiger partial charge on any atom is 0.311 e. The van der Waals surface area contributed by atoms with Crippen LogP contribution < -0.4 is 4.90 Å². The minimum absolute atomic E-state index is 0.0291. The van der Waals surface area contributed by atoms with E-state index in [0.717, 1.165) is 47.8 Å². The lowest BCUT2D eigenvalue weighted by Gasteiger charge is -2.52. The van der Waals surface area contributed by atoms with E-state index in [0.29, 0.717) is 13.0 Å². The summed E-state index contributed by atoms with van der Waals surface area (Å²) >= 11 is 1.62. The van der Waals surface area contributed by atoms with Gasteiger partial charge in [0.1, 0.15) is 16.5 Å². The molecular weight excluding hydrogens is 324 g/mol. The molecule has 1 N–H and O–H groups in total. The van der Waals surface area contributed by atoms with Gasteiger partial charge >= 0.3 is 5.97 Å². The van der Waals surface area contributed by atoms with Crippen LogP contribution >= 0.6 is 11.3 Å². The number of aromatic nitrogens is 2. The summed E-state index contributed by atoms with van der Waals surface area (Å²) in [6, 6.07) is 2.10. The van der Waals surface area contributed by atoms with Crippen molar-refractivity contribution in [1.82, 2.24) is 14.9 Å². The Hall–Kier alpha value is -1.73. The van der Waals surface area contributed by atoms with E-state index >= 15 is 0 Å². The van der Waals surface area contributed by atoms with Crippen LogP contribution in [0.3, 0.4) is 0 Å². The fourth-order valence-electron chi connectivity index (χ4n) is 4.36. The number of thiophene rings is 1. The van der Waals surface area contributed by atoms with Gasteiger partial charge in [-0.15, -0.1) is 11.3 Å². The molecule has 128 valence electrons. The second-order valence-electron chi connectivity index (χ2n) is 6.99. The summed E-state index contributed by atoms with van der Waals surface area (Å²) in [4.78, 5) is 26.7. The molecule has 0 saturated carbocycles. The Kier molecular flexibility index (Phi) is 3.73. The van der Waals surface area contributed by atoms with E-state index < -0.39 is 11.4 Å². The smallest absolute Gasteiger partial charge is 0.311 e. The predicted molar refractivity (Wildman–Crippen MR) is 94.7 cm³/mol. The van der Waals surface area contributed by atoms with E-state index in [4.69, 9.17) is 0 Å². The van der Waals surface area contributed by atoms with Gasteiger partial charge in [-0.1, -0.05) is 0 Å². The Bertz CT molecular complexity index is 792. The van der Waals surface area contributed by atoms with Crippen LogP contribution in [-0.4, -0.2) is 58.7 Å². The lowest BCUT2D eigenvalue weighted by atomic mass is 9.68. The second-order valence-corrected chi connectivity index (χ2v) is 7.89. The van der Waals surface area contributed by atoms with E-state index in [1.807, 2.05) is 12.3 Å². The molecule has 2 aliphatic heterocycles. The number of anilines is 1. The van der Waals surface area contributed by atoms with Crippen LogP contribution in [0.1, 0.15) is 25.1 Å². The molecule has 7 heteroatoms. The van der Waals surface area contributed by atoms with E-state index in [2.05, 4.69) is 32.9 Å². The molecule has 2 aliphatic rings. The van der Waals surface area contributed by atoms with Gasteiger partial charge in [0, 0.05) is 19.1 Å². The number of hydrogen-bond acceptors (Lipinski definition) is 6. The lowest BCUT2D eigenvalue weighted by molar-refractivity contribution is -0.158. The van der Waals surface area contributed by atoms with Crippen molar-refractivity contribution in [1.29, 1.82) is 0 Å². The Labute approximate surface area is 145 Å². The van der Waals surface area contributed by atoms with Gasteiger partial charge in [-0.2, -0.15) is 0 Å². The van der Waals surface area contributed by atoms with Crippen molar-refractivity contribution in [3.8, 4) is 0 Å². The van der Waals surface area contributed by atoms with Gasteiger partial charge in [0.05, 0.1) is 10.8 Å². The number of nitrogens with zero attached hydrogens (tertiary/aromatic N) is 4. The van der Waals surface area contributed by atoms with Crippen molar-refractivity contribution in [3.63, 3.8) is 0 Å². The monoisotopic (exact) mass is 346 g/mol. The summed E-state index contributed by atoms with van der Waals surface area (Å²) in [5, 5.41) is 13.0. The minimum atomic E-state index is -0.641. The number of aryl methyl sites for hydroxylation is 1. The van der Waals surface area contributed by atoms with Crippen molar-refractivity contribution in [3.05, 3.63) is 17.3 Å². The van der Waals surface area contributed by atoms with E-state index in [1.54, 1.807) is 11.3 Å². The van der Waals surface area contributed by atoms with Gasteiger partial charge < -0.3 is 14.9 Å². The maximum absolute atomic E-state index is 12.1. The molecule has 6 nitrogen and oxygen atoms in total. The third kappa shape index (κ3) is 2.29. The van der Waals surface area contributed by atoms with Crippen molar-refractivity contribution >= 4 is 33.3 Å². The second kappa shape index (κ2) is 5.67. The molecule has 0 bridgehead atoms. The number of rotatable bonds is 2. The Balaban J connectivity index is 1.72. The number of aliphatic carboxylic acids is 1. The fourth-order valence-corrected chi connectivity index (χ4v) is 5.17. The highest BCUT2D eigenvalue weighted by Gasteiger charge is 2.52. The number of carboxylic acids is 1. The zero-order chi connectivity index (χ0) is 16.9. The first-order valence-corrected chi connectivity index (χ1v) is 9.30. The molecule has 0 spiro atoms. The molecule has 2 fully saturated rings. The molecular formula is C17H22N4O2S. The SMILES string of the molecule is Cc1nc(N2CC[C@@]3(C(=O)O)CCCN(C)[C@@H]3C2)c2ccsc2n1. The molecule has 0 unspecified atom stereocenters. The highest BCUT2D eigenvalue weighted by atomic mass is 32.1. The molecule has 0 aliphatic carbocycles.